The SMILES string of the molecule is C=CCCOCSc1ccc(F)cc1. The Bertz CT molecular complexity index is 271. The second-order valence-electron chi connectivity index (χ2n) is 2.70. The van der Waals surface area contributed by atoms with Crippen LogP contribution < -0.4 is 0 Å². The van der Waals surface area contributed by atoms with E-state index in [1.807, 2.05) is 6.08 Å². The molecule has 14 heavy (non-hydrogen) atoms. The number of hydrogen-bond acceptors (Lipinski definition) is 2. The minimum Gasteiger partial charge on any atom is -0.370 e. The maximum Gasteiger partial charge on any atom is 0.123 e. The van der Waals surface area contributed by atoms with Crippen molar-refractivity contribution in [2.75, 3.05) is 12.5 Å². The monoisotopic (exact) mass is 212 g/mol. The van der Waals surface area contributed by atoms with Gasteiger partial charge in [0.15, 0.2) is 0 Å². The average Bonchev–Trinajstić information content (AvgIpc) is 2.21. The van der Waals surface area contributed by atoms with Gasteiger partial charge in [0.1, 0.15) is 5.82 Å². The predicted molar refractivity (Wildman–Crippen MR) is 57.9 cm³/mol. The van der Waals surface area contributed by atoms with E-state index in [1.54, 1.807) is 23.9 Å². The fourth-order valence-electron chi connectivity index (χ4n) is 0.866. The highest BCUT2D eigenvalue weighted by Crippen LogP contribution is 2.17. The molecule has 1 aromatic rings. The summed E-state index contributed by atoms with van der Waals surface area (Å²) in [5.74, 6) is 0.390. The van der Waals surface area contributed by atoms with Crippen LogP contribution in [0.4, 0.5) is 4.39 Å². The molecular weight excluding hydrogens is 199 g/mol. The van der Waals surface area contributed by atoms with E-state index in [0.29, 0.717) is 12.5 Å². The summed E-state index contributed by atoms with van der Waals surface area (Å²) in [4.78, 5) is 1.02. The summed E-state index contributed by atoms with van der Waals surface area (Å²) in [5, 5.41) is 0. The highest BCUT2D eigenvalue weighted by atomic mass is 32.2. The fourth-order valence-corrected chi connectivity index (χ4v) is 1.53. The fraction of sp³-hybridized carbons (Fsp3) is 0.273. The van der Waals surface area contributed by atoms with Crippen molar-refractivity contribution < 1.29 is 9.13 Å². The quantitative estimate of drug-likeness (QED) is 0.309. The van der Waals surface area contributed by atoms with Crippen molar-refractivity contribution in [1.82, 2.24) is 0 Å². The van der Waals surface area contributed by atoms with Crippen molar-refractivity contribution >= 4 is 11.8 Å². The zero-order valence-corrected chi connectivity index (χ0v) is 8.73. The summed E-state index contributed by atoms with van der Waals surface area (Å²) in [5.41, 5.74) is 0. The van der Waals surface area contributed by atoms with Crippen LogP contribution in [0.15, 0.2) is 41.8 Å². The molecule has 0 atom stereocenters. The summed E-state index contributed by atoms with van der Waals surface area (Å²) in [6.45, 7) is 4.29. The number of thioether (sulfide) groups is 1. The second-order valence-corrected chi connectivity index (χ2v) is 3.70. The Labute approximate surface area is 88.0 Å². The highest BCUT2D eigenvalue weighted by molar-refractivity contribution is 7.99. The molecule has 0 aromatic heterocycles. The van der Waals surface area contributed by atoms with Crippen LogP contribution in [0.3, 0.4) is 0 Å². The molecule has 0 fully saturated rings. The van der Waals surface area contributed by atoms with Crippen LogP contribution in [0.1, 0.15) is 6.42 Å². The Balaban J connectivity index is 2.18. The Morgan fingerprint density at radius 3 is 2.71 bits per heavy atom. The molecule has 0 heterocycles. The van der Waals surface area contributed by atoms with Gasteiger partial charge in [-0.25, -0.2) is 4.39 Å². The van der Waals surface area contributed by atoms with Gasteiger partial charge in [0.05, 0.1) is 12.5 Å². The third-order valence-electron chi connectivity index (χ3n) is 1.59. The minimum absolute atomic E-state index is 0.207. The molecule has 3 heteroatoms. The van der Waals surface area contributed by atoms with Gasteiger partial charge in [-0.2, -0.15) is 0 Å². The molecule has 0 radical (unpaired) electrons. The second kappa shape index (κ2) is 6.62. The first kappa shape index (κ1) is 11.3. The largest absolute Gasteiger partial charge is 0.370 e. The molecule has 0 aliphatic carbocycles. The van der Waals surface area contributed by atoms with E-state index >= 15 is 0 Å². The molecule has 1 aromatic carbocycles. The average molecular weight is 212 g/mol. The van der Waals surface area contributed by atoms with Gasteiger partial charge in [-0.15, -0.1) is 6.58 Å². The van der Waals surface area contributed by atoms with Crippen molar-refractivity contribution in [1.29, 1.82) is 0 Å². The van der Waals surface area contributed by atoms with E-state index in [-0.39, 0.29) is 5.82 Å². The topological polar surface area (TPSA) is 9.23 Å². The van der Waals surface area contributed by atoms with Crippen LogP contribution in [0.25, 0.3) is 0 Å². The molecule has 0 aliphatic rings. The minimum atomic E-state index is -0.207. The van der Waals surface area contributed by atoms with Crippen LogP contribution in [-0.4, -0.2) is 12.5 Å². The van der Waals surface area contributed by atoms with Gasteiger partial charge in [0, 0.05) is 4.90 Å². The van der Waals surface area contributed by atoms with Gasteiger partial charge in [0.2, 0.25) is 0 Å². The van der Waals surface area contributed by atoms with Crippen LogP contribution in [0.2, 0.25) is 0 Å². The standard InChI is InChI=1S/C11H13FOS/c1-2-3-8-13-9-14-11-6-4-10(12)5-7-11/h2,4-7H,1,3,8-9H2. The summed E-state index contributed by atoms with van der Waals surface area (Å²) in [6.07, 6.45) is 2.69. The maximum atomic E-state index is 12.5. The maximum absolute atomic E-state index is 12.5. The highest BCUT2D eigenvalue weighted by Gasteiger charge is 1.94. The summed E-state index contributed by atoms with van der Waals surface area (Å²) in [7, 11) is 0. The Kier molecular flexibility index (Phi) is 5.33. The Morgan fingerprint density at radius 2 is 2.07 bits per heavy atom. The van der Waals surface area contributed by atoms with Crippen LogP contribution in [0.5, 0.6) is 0 Å². The lowest BCUT2D eigenvalue weighted by Crippen LogP contribution is -1.91. The van der Waals surface area contributed by atoms with Crippen molar-refractivity contribution in [3.05, 3.63) is 42.7 Å². The summed E-state index contributed by atoms with van der Waals surface area (Å²) in [6, 6.07) is 6.39. The first-order valence-corrected chi connectivity index (χ1v) is 5.38. The van der Waals surface area contributed by atoms with Gasteiger partial charge in [-0.1, -0.05) is 17.8 Å². The van der Waals surface area contributed by atoms with Crippen LogP contribution in [-0.2, 0) is 4.74 Å². The van der Waals surface area contributed by atoms with Crippen molar-refractivity contribution in [3.63, 3.8) is 0 Å². The van der Waals surface area contributed by atoms with E-state index in [9.17, 15) is 4.39 Å². The molecule has 0 unspecified atom stereocenters. The van der Waals surface area contributed by atoms with Gasteiger partial charge < -0.3 is 4.74 Å². The zero-order valence-electron chi connectivity index (χ0n) is 7.91. The molecule has 0 amide bonds. The van der Waals surface area contributed by atoms with Crippen molar-refractivity contribution in [3.8, 4) is 0 Å². The Hall–Kier alpha value is -0.800. The lowest BCUT2D eigenvalue weighted by Gasteiger charge is -2.02. The summed E-state index contributed by atoms with van der Waals surface area (Å²) < 4.78 is 17.8. The number of ether oxygens (including phenoxy) is 1. The molecule has 0 aliphatic heterocycles. The third kappa shape index (κ3) is 4.44. The van der Waals surface area contributed by atoms with Gasteiger partial charge in [-0.05, 0) is 30.7 Å². The molecule has 1 rings (SSSR count). The molecule has 0 bridgehead atoms. The van der Waals surface area contributed by atoms with E-state index in [0.717, 1.165) is 11.3 Å². The van der Waals surface area contributed by atoms with Gasteiger partial charge in [-0.3, -0.25) is 0 Å². The lowest BCUT2D eigenvalue weighted by molar-refractivity contribution is 0.188. The lowest BCUT2D eigenvalue weighted by atomic mass is 10.4. The molecule has 0 saturated heterocycles. The van der Waals surface area contributed by atoms with Crippen LogP contribution >= 0.6 is 11.8 Å². The first-order valence-electron chi connectivity index (χ1n) is 4.40. The third-order valence-corrected chi connectivity index (χ3v) is 2.48. The number of halogens is 1. The smallest absolute Gasteiger partial charge is 0.123 e. The van der Waals surface area contributed by atoms with Crippen molar-refractivity contribution in [2.24, 2.45) is 0 Å². The number of hydrogen-bond donors (Lipinski definition) is 0. The molecule has 76 valence electrons. The number of benzene rings is 1. The zero-order chi connectivity index (χ0) is 10.2. The molecular formula is C11H13FOS. The molecule has 0 saturated carbocycles. The molecule has 0 spiro atoms. The van der Waals surface area contributed by atoms with E-state index in [2.05, 4.69) is 6.58 Å². The van der Waals surface area contributed by atoms with Crippen molar-refractivity contribution in [2.45, 2.75) is 11.3 Å². The van der Waals surface area contributed by atoms with E-state index in [1.165, 1.54) is 12.1 Å². The summed E-state index contributed by atoms with van der Waals surface area (Å²) >= 11 is 1.56. The van der Waals surface area contributed by atoms with Gasteiger partial charge >= 0.3 is 0 Å². The van der Waals surface area contributed by atoms with E-state index < -0.39 is 0 Å². The number of rotatable bonds is 6. The van der Waals surface area contributed by atoms with E-state index in [4.69, 9.17) is 4.74 Å². The van der Waals surface area contributed by atoms with Crippen LogP contribution in [0, 0.1) is 5.82 Å². The predicted octanol–water partition coefficient (Wildman–Crippen LogP) is 3.47. The van der Waals surface area contributed by atoms with Gasteiger partial charge in [0.25, 0.3) is 0 Å². The Morgan fingerprint density at radius 1 is 1.36 bits per heavy atom. The first-order chi connectivity index (χ1) is 6.83. The molecule has 0 N–H and O–H groups in total. The molecule has 1 nitrogen and oxygen atoms in total. The normalized spacial score (nSPS) is 10.1.